The largest absolute Gasteiger partial charge is 0.357 e. The van der Waals surface area contributed by atoms with Gasteiger partial charge in [-0.25, -0.2) is 0 Å². The van der Waals surface area contributed by atoms with Gasteiger partial charge in [-0.3, -0.25) is 4.99 Å². The lowest BCUT2D eigenvalue weighted by Gasteiger charge is -2.21. The van der Waals surface area contributed by atoms with E-state index in [1.54, 1.807) is 0 Å². The van der Waals surface area contributed by atoms with Gasteiger partial charge in [0.25, 0.3) is 0 Å². The lowest BCUT2D eigenvalue weighted by molar-refractivity contribution is 0.571. The van der Waals surface area contributed by atoms with Gasteiger partial charge in [0.15, 0.2) is 5.96 Å². The molecule has 4 heteroatoms. The quantitative estimate of drug-likeness (QED) is 0.576. The maximum Gasteiger partial charge on any atom is 0.191 e. The molecule has 1 saturated heterocycles. The predicted octanol–water partition coefficient (Wildman–Crippen LogP) is 2.87. The minimum absolute atomic E-state index is 0.362. The monoisotopic (exact) mass is 271 g/mol. The van der Waals surface area contributed by atoms with Crippen LogP contribution in [0.15, 0.2) is 4.99 Å². The topological polar surface area (TPSA) is 36.4 Å². The van der Waals surface area contributed by atoms with E-state index in [9.17, 15) is 0 Å². The number of hydrogen-bond donors (Lipinski definition) is 2. The fourth-order valence-corrected chi connectivity index (χ4v) is 3.25. The van der Waals surface area contributed by atoms with Crippen molar-refractivity contribution in [2.75, 3.05) is 25.4 Å². The first-order valence-corrected chi connectivity index (χ1v) is 8.20. The van der Waals surface area contributed by atoms with Gasteiger partial charge in [0.1, 0.15) is 0 Å². The molecule has 0 aliphatic carbocycles. The number of aliphatic imine (C=N–C) groups is 1. The van der Waals surface area contributed by atoms with E-state index >= 15 is 0 Å². The number of thioether (sulfide) groups is 1. The van der Waals surface area contributed by atoms with Crippen molar-refractivity contribution >= 4 is 17.7 Å². The maximum atomic E-state index is 4.74. The van der Waals surface area contributed by atoms with Gasteiger partial charge in [0.2, 0.25) is 0 Å². The highest BCUT2D eigenvalue weighted by Crippen LogP contribution is 2.37. The maximum absolute atomic E-state index is 4.74. The molecule has 1 heterocycles. The summed E-state index contributed by atoms with van der Waals surface area (Å²) in [6.07, 6.45) is 3.83. The lowest BCUT2D eigenvalue weighted by atomic mass is 10.1. The Morgan fingerprint density at radius 3 is 2.72 bits per heavy atom. The number of nitrogens with zero attached hydrogens (tertiary/aromatic N) is 1. The van der Waals surface area contributed by atoms with E-state index < -0.39 is 0 Å². The zero-order valence-corrected chi connectivity index (χ0v) is 13.2. The van der Waals surface area contributed by atoms with Crippen molar-refractivity contribution in [3.05, 3.63) is 0 Å². The van der Waals surface area contributed by atoms with Crippen LogP contribution in [0.3, 0.4) is 0 Å². The van der Waals surface area contributed by atoms with Crippen LogP contribution in [0, 0.1) is 5.92 Å². The second-order valence-electron chi connectivity index (χ2n) is 5.71. The summed E-state index contributed by atoms with van der Waals surface area (Å²) in [6, 6.07) is 0. The zero-order chi connectivity index (χ0) is 13.4. The minimum Gasteiger partial charge on any atom is -0.357 e. The summed E-state index contributed by atoms with van der Waals surface area (Å²) in [6.45, 7) is 11.8. The molecule has 3 nitrogen and oxygen atoms in total. The highest BCUT2D eigenvalue weighted by atomic mass is 32.2. The smallest absolute Gasteiger partial charge is 0.191 e. The van der Waals surface area contributed by atoms with Crippen molar-refractivity contribution in [3.8, 4) is 0 Å². The van der Waals surface area contributed by atoms with Crippen molar-refractivity contribution in [1.82, 2.24) is 10.6 Å². The average molecular weight is 271 g/mol. The van der Waals surface area contributed by atoms with E-state index in [4.69, 9.17) is 4.99 Å². The van der Waals surface area contributed by atoms with Crippen LogP contribution in [0.1, 0.15) is 47.0 Å². The van der Waals surface area contributed by atoms with E-state index in [-0.39, 0.29) is 0 Å². The summed E-state index contributed by atoms with van der Waals surface area (Å²) in [5.41, 5.74) is 0. The molecule has 1 unspecified atom stereocenters. The first-order valence-electron chi connectivity index (χ1n) is 7.22. The first kappa shape index (κ1) is 15.7. The molecule has 106 valence electrons. The van der Waals surface area contributed by atoms with E-state index in [0.29, 0.717) is 4.75 Å². The Hall–Kier alpha value is -0.380. The molecule has 0 aromatic heterocycles. The van der Waals surface area contributed by atoms with Crippen LogP contribution in [0.25, 0.3) is 0 Å². The molecule has 1 aliphatic heterocycles. The second-order valence-corrected chi connectivity index (χ2v) is 7.39. The lowest BCUT2D eigenvalue weighted by Crippen LogP contribution is -2.39. The van der Waals surface area contributed by atoms with E-state index in [1.165, 1.54) is 25.0 Å². The Balaban J connectivity index is 2.39. The van der Waals surface area contributed by atoms with Crippen molar-refractivity contribution in [2.24, 2.45) is 10.9 Å². The number of rotatable bonds is 6. The Labute approximate surface area is 117 Å². The van der Waals surface area contributed by atoms with Gasteiger partial charge in [-0.05, 0) is 44.8 Å². The molecule has 0 spiro atoms. The van der Waals surface area contributed by atoms with Crippen LogP contribution < -0.4 is 10.6 Å². The molecule has 1 atom stereocenters. The van der Waals surface area contributed by atoms with Crippen LogP contribution in [0.4, 0.5) is 0 Å². The van der Waals surface area contributed by atoms with Crippen molar-refractivity contribution < 1.29 is 0 Å². The molecule has 0 aromatic rings. The van der Waals surface area contributed by atoms with Crippen molar-refractivity contribution in [2.45, 2.75) is 51.7 Å². The van der Waals surface area contributed by atoms with Crippen LogP contribution in [0.5, 0.6) is 0 Å². The molecule has 0 bridgehead atoms. The molecule has 0 aromatic carbocycles. The van der Waals surface area contributed by atoms with Gasteiger partial charge >= 0.3 is 0 Å². The number of nitrogens with one attached hydrogen (secondary N) is 2. The van der Waals surface area contributed by atoms with Gasteiger partial charge in [0.05, 0.1) is 6.54 Å². The Morgan fingerprint density at radius 1 is 1.39 bits per heavy atom. The van der Waals surface area contributed by atoms with E-state index in [1.807, 2.05) is 0 Å². The van der Waals surface area contributed by atoms with Gasteiger partial charge < -0.3 is 10.6 Å². The fraction of sp³-hybridized carbons (Fsp3) is 0.929. The van der Waals surface area contributed by atoms with Crippen molar-refractivity contribution in [3.63, 3.8) is 0 Å². The Kier molecular flexibility index (Phi) is 6.90. The molecule has 0 saturated carbocycles. The van der Waals surface area contributed by atoms with Crippen LogP contribution in [-0.4, -0.2) is 36.1 Å². The summed E-state index contributed by atoms with van der Waals surface area (Å²) in [4.78, 5) is 4.74. The van der Waals surface area contributed by atoms with E-state index in [2.05, 4.69) is 50.1 Å². The van der Waals surface area contributed by atoms with E-state index in [0.717, 1.165) is 31.5 Å². The van der Waals surface area contributed by atoms with Crippen molar-refractivity contribution in [1.29, 1.82) is 0 Å². The molecule has 1 aliphatic rings. The minimum atomic E-state index is 0.362. The SMILES string of the molecule is CCNC(=NCC1(C)CCCS1)NCCC(C)C. The summed E-state index contributed by atoms with van der Waals surface area (Å²) in [5.74, 6) is 3.01. The fourth-order valence-electron chi connectivity index (χ4n) is 2.03. The third kappa shape index (κ3) is 5.98. The molecule has 18 heavy (non-hydrogen) atoms. The third-order valence-electron chi connectivity index (χ3n) is 3.23. The molecule has 2 N–H and O–H groups in total. The molecular formula is C14H29N3S. The van der Waals surface area contributed by atoms with Crippen LogP contribution in [0.2, 0.25) is 0 Å². The molecule has 1 fully saturated rings. The predicted molar refractivity (Wildman–Crippen MR) is 83.5 cm³/mol. The Morgan fingerprint density at radius 2 is 2.17 bits per heavy atom. The first-order chi connectivity index (χ1) is 8.56. The van der Waals surface area contributed by atoms with Gasteiger partial charge in [-0.2, -0.15) is 11.8 Å². The number of guanidine groups is 1. The third-order valence-corrected chi connectivity index (χ3v) is 4.75. The van der Waals surface area contributed by atoms with Gasteiger partial charge in [-0.15, -0.1) is 0 Å². The van der Waals surface area contributed by atoms with Gasteiger partial charge in [-0.1, -0.05) is 13.8 Å². The normalized spacial score (nSPS) is 24.6. The highest BCUT2D eigenvalue weighted by molar-refractivity contribution is 8.00. The van der Waals surface area contributed by atoms with Crippen LogP contribution in [-0.2, 0) is 0 Å². The standard InChI is InChI=1S/C14H29N3S/c1-5-15-13(16-9-7-12(2)3)17-11-14(4)8-6-10-18-14/h12H,5-11H2,1-4H3,(H2,15,16,17). The van der Waals surface area contributed by atoms with Gasteiger partial charge in [0, 0.05) is 17.8 Å². The summed E-state index contributed by atoms with van der Waals surface area (Å²) in [7, 11) is 0. The second kappa shape index (κ2) is 7.93. The molecule has 0 radical (unpaired) electrons. The summed E-state index contributed by atoms with van der Waals surface area (Å²) >= 11 is 2.07. The molecule has 0 amide bonds. The molecular weight excluding hydrogens is 242 g/mol. The summed E-state index contributed by atoms with van der Waals surface area (Å²) < 4.78 is 0.362. The van der Waals surface area contributed by atoms with Crippen LogP contribution >= 0.6 is 11.8 Å². The summed E-state index contributed by atoms with van der Waals surface area (Å²) in [5, 5.41) is 6.75. The zero-order valence-electron chi connectivity index (χ0n) is 12.4. The molecule has 1 rings (SSSR count). The number of hydrogen-bond acceptors (Lipinski definition) is 2. The Bertz CT molecular complexity index is 258. The average Bonchev–Trinajstić information content (AvgIpc) is 2.73. The highest BCUT2D eigenvalue weighted by Gasteiger charge is 2.29.